The second kappa shape index (κ2) is 16.8. The van der Waals surface area contributed by atoms with Crippen molar-refractivity contribution in [1.29, 1.82) is 0 Å². The van der Waals surface area contributed by atoms with Crippen molar-refractivity contribution in [3.63, 3.8) is 0 Å². The Morgan fingerprint density at radius 3 is 2.33 bits per heavy atom. The molecule has 3 atom stereocenters. The van der Waals surface area contributed by atoms with E-state index in [0.717, 1.165) is 70.0 Å². The van der Waals surface area contributed by atoms with Crippen molar-refractivity contribution in [2.24, 2.45) is 5.92 Å². The summed E-state index contributed by atoms with van der Waals surface area (Å²) in [6.07, 6.45) is 11.1. The van der Waals surface area contributed by atoms with Crippen LogP contribution in [0.3, 0.4) is 0 Å². The lowest BCUT2D eigenvalue weighted by Gasteiger charge is -2.33. The number of benzene rings is 3. The summed E-state index contributed by atoms with van der Waals surface area (Å²) in [5.41, 5.74) is 7.20. The fraction of sp³-hybridized carbons (Fsp3) is 0.512. The highest BCUT2D eigenvalue weighted by atomic mass is 16.5. The molecule has 0 amide bonds. The molecular weight excluding hydrogens is 572 g/mol. The number of methoxy groups -OCH3 is 2. The molecule has 0 aromatic heterocycles. The van der Waals surface area contributed by atoms with Crippen molar-refractivity contribution < 1.29 is 23.8 Å². The fourth-order valence-corrected chi connectivity index (χ4v) is 6.94. The predicted molar refractivity (Wildman–Crippen MR) is 186 cm³/mol. The van der Waals surface area contributed by atoms with Crippen molar-refractivity contribution in [3.05, 3.63) is 100 Å². The molecule has 248 valence electrons. The average molecular weight is 627 g/mol. The van der Waals surface area contributed by atoms with E-state index in [1.807, 2.05) is 6.07 Å². The number of hydrogen-bond acceptors (Lipinski definition) is 5. The highest BCUT2D eigenvalue weighted by molar-refractivity contribution is 5.89. The summed E-state index contributed by atoms with van der Waals surface area (Å²) < 4.78 is 16.4. The van der Waals surface area contributed by atoms with Gasteiger partial charge in [0.1, 0.15) is 11.9 Å². The number of hydrogen-bond donors (Lipinski definition) is 0. The normalized spacial score (nSPS) is 15.8. The molecule has 5 heteroatoms. The average Bonchev–Trinajstić information content (AvgIpc) is 3.06. The van der Waals surface area contributed by atoms with Gasteiger partial charge in [0.05, 0.1) is 19.8 Å². The number of esters is 2. The third kappa shape index (κ3) is 9.70. The molecule has 3 aromatic rings. The lowest BCUT2D eigenvalue weighted by atomic mass is 9.72. The van der Waals surface area contributed by atoms with Gasteiger partial charge < -0.3 is 14.2 Å². The lowest BCUT2D eigenvalue weighted by molar-refractivity contribution is -0.140. The molecule has 0 bridgehead atoms. The Hall–Kier alpha value is -3.60. The van der Waals surface area contributed by atoms with Crippen LogP contribution in [-0.2, 0) is 32.5 Å². The molecule has 1 aliphatic rings. The number of ether oxygens (including phenoxy) is 3. The summed E-state index contributed by atoms with van der Waals surface area (Å²) in [6.45, 7) is 8.85. The Morgan fingerprint density at radius 2 is 1.61 bits per heavy atom. The summed E-state index contributed by atoms with van der Waals surface area (Å²) in [6, 6.07) is 23.5. The molecule has 0 heterocycles. The van der Waals surface area contributed by atoms with Crippen LogP contribution in [0.25, 0.3) is 0 Å². The summed E-state index contributed by atoms with van der Waals surface area (Å²) in [5.74, 6) is 1.53. The number of aryl methyl sites for hydroxylation is 2. The lowest BCUT2D eigenvalue weighted by Crippen LogP contribution is -2.20. The van der Waals surface area contributed by atoms with Crippen molar-refractivity contribution in [3.8, 4) is 5.75 Å². The molecule has 0 saturated heterocycles. The van der Waals surface area contributed by atoms with Gasteiger partial charge in [0, 0.05) is 6.42 Å². The van der Waals surface area contributed by atoms with Crippen LogP contribution in [-0.4, -0.2) is 26.2 Å². The van der Waals surface area contributed by atoms with Gasteiger partial charge in [0.15, 0.2) is 0 Å². The van der Waals surface area contributed by atoms with Gasteiger partial charge in [-0.3, -0.25) is 4.79 Å². The Bertz CT molecular complexity index is 1420. The molecule has 0 radical (unpaired) electrons. The van der Waals surface area contributed by atoms with E-state index in [2.05, 4.69) is 88.4 Å². The summed E-state index contributed by atoms with van der Waals surface area (Å²) in [7, 11) is 2.90. The van der Waals surface area contributed by atoms with Gasteiger partial charge in [-0.25, -0.2) is 4.79 Å². The number of carbonyl (C=O) groups is 2. The maximum atomic E-state index is 12.3. The molecule has 4 rings (SSSR count). The van der Waals surface area contributed by atoms with Crippen LogP contribution in [0.15, 0.2) is 66.7 Å². The molecular formula is C41H54O5. The number of carbonyl (C=O) groups excluding carboxylic acids is 2. The highest BCUT2D eigenvalue weighted by Crippen LogP contribution is 2.42. The number of rotatable bonds is 15. The Morgan fingerprint density at radius 1 is 0.870 bits per heavy atom. The molecule has 1 unspecified atom stereocenters. The van der Waals surface area contributed by atoms with Gasteiger partial charge in [0.2, 0.25) is 0 Å². The first-order valence-electron chi connectivity index (χ1n) is 17.2. The minimum Gasteiger partial charge on any atom is -0.486 e. The summed E-state index contributed by atoms with van der Waals surface area (Å²) >= 11 is 0. The van der Waals surface area contributed by atoms with Crippen LogP contribution < -0.4 is 4.74 Å². The zero-order valence-electron chi connectivity index (χ0n) is 28.9. The van der Waals surface area contributed by atoms with Crippen molar-refractivity contribution in [2.75, 3.05) is 14.2 Å². The second-order valence-corrected chi connectivity index (χ2v) is 14.0. The quantitative estimate of drug-likeness (QED) is 0.124. The maximum absolute atomic E-state index is 12.3. The van der Waals surface area contributed by atoms with E-state index in [-0.39, 0.29) is 23.5 Å². The van der Waals surface area contributed by atoms with Crippen molar-refractivity contribution in [1.82, 2.24) is 0 Å². The smallest absolute Gasteiger partial charge is 0.337 e. The van der Waals surface area contributed by atoms with E-state index in [0.29, 0.717) is 23.8 Å². The van der Waals surface area contributed by atoms with E-state index in [1.54, 1.807) is 0 Å². The van der Waals surface area contributed by atoms with Crippen LogP contribution in [0.4, 0.5) is 0 Å². The molecule has 3 aromatic carbocycles. The van der Waals surface area contributed by atoms with Crippen LogP contribution in [0, 0.1) is 5.92 Å². The summed E-state index contributed by atoms with van der Waals surface area (Å²) in [4.78, 5) is 23.8. The number of unbranched alkanes of at least 4 members (excludes halogenated alkanes) is 3. The standard InChI is InChI=1S/C41H54O5/c1-29(30-22-25-35(26-23-30)41(2,3)4)46-38-18-12-11-15-32(38)21-20-31(14-9-7-8-10-19-39(42)44-5)36-17-13-16-33-28-34(40(43)45-6)24-27-37(33)36/h11-12,15,18,22-29,31,36H,7-10,13-14,16-17,19-21H2,1-6H3/t29-,31-,36?/m0/s1. The number of fused-ring (bicyclic) bond motifs is 1. The van der Waals surface area contributed by atoms with Gasteiger partial charge in [-0.1, -0.05) is 88.6 Å². The molecule has 0 aliphatic heterocycles. The first-order chi connectivity index (χ1) is 22.1. The molecule has 0 fully saturated rings. The largest absolute Gasteiger partial charge is 0.486 e. The minimum atomic E-state index is -0.274. The van der Waals surface area contributed by atoms with E-state index in [9.17, 15) is 9.59 Å². The topological polar surface area (TPSA) is 61.8 Å². The maximum Gasteiger partial charge on any atom is 0.337 e. The molecule has 5 nitrogen and oxygen atoms in total. The Kier molecular flexibility index (Phi) is 12.9. The van der Waals surface area contributed by atoms with E-state index in [4.69, 9.17) is 14.2 Å². The van der Waals surface area contributed by atoms with Gasteiger partial charge in [-0.15, -0.1) is 0 Å². The highest BCUT2D eigenvalue weighted by Gasteiger charge is 2.29. The summed E-state index contributed by atoms with van der Waals surface area (Å²) in [5, 5.41) is 0. The first-order valence-corrected chi connectivity index (χ1v) is 17.2. The minimum absolute atomic E-state index is 0.0508. The Labute approximate surface area is 277 Å². The zero-order chi connectivity index (χ0) is 33.1. The molecule has 0 saturated carbocycles. The molecule has 46 heavy (non-hydrogen) atoms. The molecule has 1 aliphatic carbocycles. The first kappa shape index (κ1) is 35.3. The predicted octanol–water partition coefficient (Wildman–Crippen LogP) is 10.1. The fourth-order valence-electron chi connectivity index (χ4n) is 6.94. The number of para-hydroxylation sites is 1. The Balaban J connectivity index is 1.48. The van der Waals surface area contributed by atoms with E-state index < -0.39 is 0 Å². The molecule has 0 spiro atoms. The third-order valence-corrected chi connectivity index (χ3v) is 9.73. The van der Waals surface area contributed by atoms with E-state index in [1.165, 1.54) is 42.0 Å². The van der Waals surface area contributed by atoms with Crippen LogP contribution >= 0.6 is 0 Å². The van der Waals surface area contributed by atoms with Crippen molar-refractivity contribution >= 4 is 11.9 Å². The van der Waals surface area contributed by atoms with E-state index >= 15 is 0 Å². The van der Waals surface area contributed by atoms with Gasteiger partial charge in [-0.2, -0.15) is 0 Å². The van der Waals surface area contributed by atoms with Crippen LogP contribution in [0.5, 0.6) is 5.75 Å². The van der Waals surface area contributed by atoms with Crippen LogP contribution in [0.2, 0.25) is 0 Å². The SMILES string of the molecule is COC(=O)CCCCCC[C@@H](CCc1ccccc1O[C@@H](C)c1ccc(C(C)(C)C)cc1)C1CCCc2cc(C(=O)OC)ccc21. The third-order valence-electron chi connectivity index (χ3n) is 9.73. The zero-order valence-corrected chi connectivity index (χ0v) is 28.9. The monoisotopic (exact) mass is 626 g/mol. The molecule has 0 N–H and O–H groups in total. The van der Waals surface area contributed by atoms with Crippen LogP contribution in [0.1, 0.15) is 136 Å². The van der Waals surface area contributed by atoms with Crippen molar-refractivity contribution in [2.45, 2.75) is 116 Å². The van der Waals surface area contributed by atoms with Gasteiger partial charge in [-0.05, 0) is 115 Å². The van der Waals surface area contributed by atoms with Gasteiger partial charge in [0.25, 0.3) is 0 Å². The second-order valence-electron chi connectivity index (χ2n) is 14.0. The van der Waals surface area contributed by atoms with Gasteiger partial charge >= 0.3 is 11.9 Å².